The van der Waals surface area contributed by atoms with Crippen LogP contribution >= 0.6 is 11.6 Å². The molecule has 1 aromatic rings. The van der Waals surface area contributed by atoms with E-state index in [-0.39, 0.29) is 6.61 Å². The fourth-order valence-electron chi connectivity index (χ4n) is 2.84. The first-order valence-corrected chi connectivity index (χ1v) is 9.72. The lowest BCUT2D eigenvalue weighted by Crippen LogP contribution is -2.24. The minimum absolute atomic E-state index is 0.190. The largest absolute Gasteiger partial charge is 0.480 e. The summed E-state index contributed by atoms with van der Waals surface area (Å²) < 4.78 is 10.3. The van der Waals surface area contributed by atoms with Crippen molar-refractivity contribution in [3.63, 3.8) is 0 Å². The van der Waals surface area contributed by atoms with Crippen LogP contribution in [0.2, 0.25) is 5.02 Å². The predicted octanol–water partition coefficient (Wildman–Crippen LogP) is 4.29. The van der Waals surface area contributed by atoms with E-state index in [2.05, 4.69) is 18.7 Å². The topological polar surface area (TPSA) is 55.8 Å². The Hall–Kier alpha value is -1.85. The van der Waals surface area contributed by atoms with Crippen molar-refractivity contribution in [2.24, 2.45) is 0 Å². The normalized spacial score (nSPS) is 12.0. The average Bonchev–Trinajstić information content (AvgIpc) is 2.66. The number of carbonyl (C=O) groups excluding carboxylic acids is 2. The summed E-state index contributed by atoms with van der Waals surface area (Å²) in [5.74, 6) is -0.0134. The Morgan fingerprint density at radius 2 is 1.89 bits per heavy atom. The Morgan fingerprint density at radius 3 is 2.44 bits per heavy atom. The van der Waals surface area contributed by atoms with Gasteiger partial charge in [0.2, 0.25) is 0 Å². The SMILES string of the molecule is CCOC(=O)COc1ccc(/C(C)=C(\C=O)CCN(CC)CC)c(C)c1Cl. The molecule has 0 radical (unpaired) electrons. The molecule has 0 aliphatic carbocycles. The zero-order chi connectivity index (χ0) is 20.4. The highest BCUT2D eigenvalue weighted by molar-refractivity contribution is 6.33. The second kappa shape index (κ2) is 11.8. The lowest BCUT2D eigenvalue weighted by atomic mass is 9.96. The summed E-state index contributed by atoms with van der Waals surface area (Å²) in [5.41, 5.74) is 3.40. The van der Waals surface area contributed by atoms with E-state index in [0.717, 1.165) is 48.2 Å². The highest BCUT2D eigenvalue weighted by Gasteiger charge is 2.15. The van der Waals surface area contributed by atoms with E-state index >= 15 is 0 Å². The van der Waals surface area contributed by atoms with Crippen LogP contribution in [0.25, 0.3) is 5.57 Å². The average molecular weight is 396 g/mol. The van der Waals surface area contributed by atoms with Crippen molar-refractivity contribution in [1.29, 1.82) is 0 Å². The van der Waals surface area contributed by atoms with Crippen LogP contribution in [0.3, 0.4) is 0 Å². The van der Waals surface area contributed by atoms with Crippen LogP contribution in [0.5, 0.6) is 5.75 Å². The Kier molecular flexibility index (Phi) is 10.1. The summed E-state index contributed by atoms with van der Waals surface area (Å²) in [4.78, 5) is 25.4. The van der Waals surface area contributed by atoms with Gasteiger partial charge < -0.3 is 14.4 Å². The van der Waals surface area contributed by atoms with E-state index in [9.17, 15) is 9.59 Å². The number of carbonyl (C=O) groups is 2. The van der Waals surface area contributed by atoms with Gasteiger partial charge in [-0.15, -0.1) is 0 Å². The first kappa shape index (κ1) is 23.2. The number of benzene rings is 1. The van der Waals surface area contributed by atoms with Crippen LogP contribution in [-0.4, -0.2) is 50.0 Å². The number of esters is 1. The van der Waals surface area contributed by atoms with Crippen LogP contribution in [0.1, 0.15) is 45.2 Å². The molecular weight excluding hydrogens is 366 g/mol. The first-order chi connectivity index (χ1) is 12.9. The van der Waals surface area contributed by atoms with Crippen LogP contribution in [-0.2, 0) is 14.3 Å². The number of halogens is 1. The van der Waals surface area contributed by atoms with Crippen molar-refractivity contribution in [1.82, 2.24) is 4.90 Å². The molecule has 0 atom stereocenters. The molecule has 1 rings (SSSR count). The number of hydrogen-bond donors (Lipinski definition) is 0. The molecule has 0 unspecified atom stereocenters. The number of nitrogens with zero attached hydrogens (tertiary/aromatic N) is 1. The van der Waals surface area contributed by atoms with Crippen LogP contribution in [0.15, 0.2) is 17.7 Å². The summed E-state index contributed by atoms with van der Waals surface area (Å²) in [5, 5.41) is 0.435. The number of hydrogen-bond acceptors (Lipinski definition) is 5. The van der Waals surface area contributed by atoms with Gasteiger partial charge in [0.1, 0.15) is 12.0 Å². The predicted molar refractivity (Wildman–Crippen MR) is 109 cm³/mol. The van der Waals surface area contributed by atoms with Gasteiger partial charge in [-0.05, 0) is 68.6 Å². The molecule has 0 spiro atoms. The minimum Gasteiger partial charge on any atom is -0.480 e. The van der Waals surface area contributed by atoms with Gasteiger partial charge in [0.05, 0.1) is 11.6 Å². The van der Waals surface area contributed by atoms with Gasteiger partial charge in [0.25, 0.3) is 0 Å². The third-order valence-electron chi connectivity index (χ3n) is 4.62. The molecular formula is C21H30ClNO4. The van der Waals surface area contributed by atoms with E-state index in [1.807, 2.05) is 19.9 Å². The summed E-state index contributed by atoms with van der Waals surface area (Å²) in [6.07, 6.45) is 1.62. The van der Waals surface area contributed by atoms with Gasteiger partial charge in [-0.3, -0.25) is 4.79 Å². The van der Waals surface area contributed by atoms with Crippen LogP contribution in [0, 0.1) is 6.92 Å². The smallest absolute Gasteiger partial charge is 0.344 e. The summed E-state index contributed by atoms with van der Waals surface area (Å²) in [7, 11) is 0. The standard InChI is InChI=1S/C21H30ClNO4/c1-6-23(7-2)12-11-17(13-24)15(4)18-9-10-19(21(22)16(18)5)27-14-20(25)26-8-3/h9-10,13H,6-8,11-12,14H2,1-5H3/b17-15-. The molecule has 6 heteroatoms. The quantitative estimate of drug-likeness (QED) is 0.317. The minimum atomic E-state index is -0.439. The van der Waals surface area contributed by atoms with Gasteiger partial charge in [-0.2, -0.15) is 0 Å². The van der Waals surface area contributed by atoms with E-state index in [0.29, 0.717) is 23.8 Å². The third kappa shape index (κ3) is 6.67. The van der Waals surface area contributed by atoms with Crippen molar-refractivity contribution in [3.05, 3.63) is 33.9 Å². The van der Waals surface area contributed by atoms with E-state index in [1.165, 1.54) is 0 Å². The second-order valence-corrected chi connectivity index (χ2v) is 6.57. The second-order valence-electron chi connectivity index (χ2n) is 6.19. The van der Waals surface area contributed by atoms with E-state index < -0.39 is 5.97 Å². The molecule has 0 heterocycles. The van der Waals surface area contributed by atoms with Crippen molar-refractivity contribution in [2.75, 3.05) is 32.8 Å². The van der Waals surface area contributed by atoms with E-state index in [4.69, 9.17) is 21.1 Å². The monoisotopic (exact) mass is 395 g/mol. The Balaban J connectivity index is 3.02. The summed E-state index contributed by atoms with van der Waals surface area (Å²) in [6, 6.07) is 3.60. The van der Waals surface area contributed by atoms with Crippen molar-refractivity contribution in [2.45, 2.75) is 41.0 Å². The van der Waals surface area contributed by atoms with Gasteiger partial charge in [-0.1, -0.05) is 31.5 Å². The van der Waals surface area contributed by atoms with Crippen molar-refractivity contribution in [3.8, 4) is 5.75 Å². The maximum atomic E-state index is 11.6. The fourth-order valence-corrected chi connectivity index (χ4v) is 3.06. The Labute approximate surface area is 167 Å². The van der Waals surface area contributed by atoms with Gasteiger partial charge in [-0.25, -0.2) is 4.79 Å². The van der Waals surface area contributed by atoms with Crippen LogP contribution in [0.4, 0.5) is 0 Å². The Morgan fingerprint density at radius 1 is 1.22 bits per heavy atom. The highest BCUT2D eigenvalue weighted by Crippen LogP contribution is 2.34. The van der Waals surface area contributed by atoms with Gasteiger partial charge >= 0.3 is 5.97 Å². The first-order valence-electron chi connectivity index (χ1n) is 9.34. The highest BCUT2D eigenvalue weighted by atomic mass is 35.5. The number of ether oxygens (including phenoxy) is 2. The molecule has 0 bridgehead atoms. The lowest BCUT2D eigenvalue weighted by Gasteiger charge is -2.19. The molecule has 0 aliphatic rings. The molecule has 0 saturated carbocycles. The zero-order valence-electron chi connectivity index (χ0n) is 16.9. The summed E-state index contributed by atoms with van der Waals surface area (Å²) >= 11 is 6.43. The molecule has 0 aliphatic heterocycles. The molecule has 150 valence electrons. The van der Waals surface area contributed by atoms with Gasteiger partial charge in [0.15, 0.2) is 6.61 Å². The number of aldehydes is 1. The molecule has 0 N–H and O–H groups in total. The lowest BCUT2D eigenvalue weighted by molar-refractivity contribution is -0.145. The number of allylic oxidation sites excluding steroid dienone is 1. The third-order valence-corrected chi connectivity index (χ3v) is 5.09. The zero-order valence-corrected chi connectivity index (χ0v) is 17.7. The van der Waals surface area contributed by atoms with Crippen molar-refractivity contribution < 1.29 is 19.1 Å². The fraction of sp³-hybridized carbons (Fsp3) is 0.524. The molecule has 0 saturated heterocycles. The van der Waals surface area contributed by atoms with Crippen molar-refractivity contribution >= 4 is 29.4 Å². The van der Waals surface area contributed by atoms with Crippen LogP contribution < -0.4 is 4.74 Å². The summed E-state index contributed by atoms with van der Waals surface area (Å²) in [6.45, 7) is 12.6. The number of rotatable bonds is 11. The van der Waals surface area contributed by atoms with Gasteiger partial charge in [0, 0.05) is 6.54 Å². The molecule has 27 heavy (non-hydrogen) atoms. The molecule has 0 amide bonds. The Bertz CT molecular complexity index is 681. The molecule has 0 fully saturated rings. The maximum Gasteiger partial charge on any atom is 0.344 e. The maximum absolute atomic E-state index is 11.6. The molecule has 5 nitrogen and oxygen atoms in total. The molecule has 0 aromatic heterocycles. The van der Waals surface area contributed by atoms with E-state index in [1.54, 1.807) is 13.0 Å². The molecule has 1 aromatic carbocycles.